The number of aliphatic carboxylic acids is 1. The maximum Gasteiger partial charge on any atom is 0.322 e. The van der Waals surface area contributed by atoms with Gasteiger partial charge in [-0.1, -0.05) is 0 Å². The van der Waals surface area contributed by atoms with Crippen molar-refractivity contribution < 1.29 is 23.1 Å². The summed E-state index contributed by atoms with van der Waals surface area (Å²) in [6, 6.07) is -0.942. The van der Waals surface area contributed by atoms with Gasteiger partial charge in [0, 0.05) is 19.6 Å². The zero-order chi connectivity index (χ0) is 14.9. The molecule has 0 spiro atoms. The largest absolute Gasteiger partial charge is 0.480 e. The molecule has 7 nitrogen and oxygen atoms in total. The highest BCUT2D eigenvalue weighted by Crippen LogP contribution is 2.25. The first-order chi connectivity index (χ1) is 9.32. The second kappa shape index (κ2) is 5.97. The Morgan fingerprint density at radius 3 is 2.35 bits per heavy atom. The summed E-state index contributed by atoms with van der Waals surface area (Å²) in [6.07, 6.45) is 1.48. The minimum absolute atomic E-state index is 0.179. The normalized spacial score (nSPS) is 34.0. The van der Waals surface area contributed by atoms with Gasteiger partial charge in [0.2, 0.25) is 0 Å². The number of rotatable bonds is 3. The van der Waals surface area contributed by atoms with E-state index in [4.69, 9.17) is 4.74 Å². The number of ether oxygens (including phenoxy) is 1. The second-order valence-corrected chi connectivity index (χ2v) is 7.42. The number of hydrogen-bond donors (Lipinski definition) is 1. The first-order valence-electron chi connectivity index (χ1n) is 6.97. The van der Waals surface area contributed by atoms with Crippen LogP contribution in [0.2, 0.25) is 0 Å². The molecule has 0 aromatic heterocycles. The highest BCUT2D eigenvalue weighted by atomic mass is 32.2. The average Bonchev–Trinajstić information content (AvgIpc) is 2.37. The SMILES string of the molecule is C[C@@H]1CN(S(=O)(=O)N2CCCCC2C(=O)O)C[C@H](C)O1. The van der Waals surface area contributed by atoms with E-state index in [2.05, 4.69) is 0 Å². The lowest BCUT2D eigenvalue weighted by atomic mass is 10.1. The number of hydrogen-bond acceptors (Lipinski definition) is 4. The van der Waals surface area contributed by atoms with Crippen molar-refractivity contribution in [3.8, 4) is 0 Å². The molecule has 1 unspecified atom stereocenters. The highest BCUT2D eigenvalue weighted by molar-refractivity contribution is 7.86. The fraction of sp³-hybridized carbons (Fsp3) is 0.917. The van der Waals surface area contributed by atoms with E-state index in [1.165, 1.54) is 4.31 Å². The minimum atomic E-state index is -3.74. The lowest BCUT2D eigenvalue weighted by Crippen LogP contribution is -2.57. The van der Waals surface area contributed by atoms with Gasteiger partial charge in [-0.25, -0.2) is 0 Å². The minimum Gasteiger partial charge on any atom is -0.480 e. The van der Waals surface area contributed by atoms with Crippen LogP contribution in [0.4, 0.5) is 0 Å². The van der Waals surface area contributed by atoms with Gasteiger partial charge in [-0.05, 0) is 33.1 Å². The third-order valence-electron chi connectivity index (χ3n) is 3.75. The Hall–Kier alpha value is -0.700. The Kier molecular flexibility index (Phi) is 4.68. The van der Waals surface area contributed by atoms with Gasteiger partial charge < -0.3 is 9.84 Å². The number of carboxylic acids is 1. The quantitative estimate of drug-likeness (QED) is 0.809. The van der Waals surface area contributed by atoms with E-state index >= 15 is 0 Å². The van der Waals surface area contributed by atoms with Crippen LogP contribution in [0.5, 0.6) is 0 Å². The van der Waals surface area contributed by atoms with Crippen LogP contribution >= 0.6 is 0 Å². The molecular formula is C12H22N2O5S. The zero-order valence-corrected chi connectivity index (χ0v) is 12.7. The number of carbonyl (C=O) groups is 1. The first kappa shape index (κ1) is 15.7. The Morgan fingerprint density at radius 1 is 1.20 bits per heavy atom. The molecule has 0 aliphatic carbocycles. The third-order valence-corrected chi connectivity index (χ3v) is 5.73. The number of nitrogens with zero attached hydrogens (tertiary/aromatic N) is 2. The lowest BCUT2D eigenvalue weighted by molar-refractivity contribution is -0.142. The van der Waals surface area contributed by atoms with Crippen LogP contribution in [0.15, 0.2) is 0 Å². The molecular weight excluding hydrogens is 284 g/mol. The molecule has 0 radical (unpaired) electrons. The van der Waals surface area contributed by atoms with Crippen molar-refractivity contribution in [3.63, 3.8) is 0 Å². The summed E-state index contributed by atoms with van der Waals surface area (Å²) in [4.78, 5) is 11.3. The van der Waals surface area contributed by atoms with Crippen LogP contribution < -0.4 is 0 Å². The molecule has 8 heteroatoms. The van der Waals surface area contributed by atoms with Gasteiger partial charge >= 0.3 is 5.97 Å². The molecule has 3 atom stereocenters. The standard InChI is InChI=1S/C12H22N2O5S/c1-9-7-13(8-10(2)19-9)20(17,18)14-6-4-3-5-11(14)12(15)16/h9-11H,3-8H2,1-2H3,(H,15,16)/t9-,10+,11?. The molecule has 0 bridgehead atoms. The van der Waals surface area contributed by atoms with Crippen LogP contribution in [0.25, 0.3) is 0 Å². The fourth-order valence-electron chi connectivity index (χ4n) is 2.90. The predicted octanol–water partition coefficient (Wildman–Crippen LogP) is 0.280. The summed E-state index contributed by atoms with van der Waals surface area (Å²) in [7, 11) is -3.74. The summed E-state index contributed by atoms with van der Waals surface area (Å²) in [5, 5.41) is 9.23. The molecule has 0 amide bonds. The van der Waals surface area contributed by atoms with Gasteiger partial charge in [0.15, 0.2) is 0 Å². The molecule has 2 aliphatic heterocycles. The average molecular weight is 306 g/mol. The molecule has 1 N–H and O–H groups in total. The van der Waals surface area contributed by atoms with Crippen molar-refractivity contribution in [2.24, 2.45) is 0 Å². The van der Waals surface area contributed by atoms with E-state index in [0.29, 0.717) is 12.8 Å². The Bertz CT molecular complexity index is 456. The van der Waals surface area contributed by atoms with Crippen LogP contribution in [0, 0.1) is 0 Å². The molecule has 0 aromatic rings. The van der Waals surface area contributed by atoms with E-state index in [1.807, 2.05) is 13.8 Å². The highest BCUT2D eigenvalue weighted by Gasteiger charge is 2.42. The van der Waals surface area contributed by atoms with Crippen molar-refractivity contribution in [3.05, 3.63) is 0 Å². The molecule has 2 rings (SSSR count). The van der Waals surface area contributed by atoms with Crippen molar-refractivity contribution in [2.75, 3.05) is 19.6 Å². The molecule has 116 valence electrons. The van der Waals surface area contributed by atoms with E-state index in [9.17, 15) is 18.3 Å². The van der Waals surface area contributed by atoms with E-state index in [0.717, 1.165) is 10.7 Å². The van der Waals surface area contributed by atoms with Crippen LogP contribution in [-0.2, 0) is 19.7 Å². The summed E-state index contributed by atoms with van der Waals surface area (Å²) in [5.74, 6) is -1.07. The summed E-state index contributed by atoms with van der Waals surface area (Å²) in [5.41, 5.74) is 0. The van der Waals surface area contributed by atoms with Gasteiger partial charge in [-0.3, -0.25) is 4.79 Å². The van der Waals surface area contributed by atoms with Crippen molar-refractivity contribution in [1.29, 1.82) is 0 Å². The van der Waals surface area contributed by atoms with Crippen LogP contribution in [-0.4, -0.2) is 66.0 Å². The van der Waals surface area contributed by atoms with E-state index in [-0.39, 0.29) is 31.8 Å². The molecule has 0 aromatic carbocycles. The van der Waals surface area contributed by atoms with Gasteiger partial charge in [0.1, 0.15) is 6.04 Å². The van der Waals surface area contributed by atoms with Gasteiger partial charge in [0.05, 0.1) is 12.2 Å². The topological polar surface area (TPSA) is 87.2 Å². The molecule has 0 saturated carbocycles. The Morgan fingerprint density at radius 2 is 1.80 bits per heavy atom. The van der Waals surface area contributed by atoms with Gasteiger partial charge in [0.25, 0.3) is 10.2 Å². The summed E-state index contributed by atoms with van der Waals surface area (Å²) >= 11 is 0. The monoisotopic (exact) mass is 306 g/mol. The fourth-order valence-corrected chi connectivity index (χ4v) is 4.87. The Balaban J connectivity index is 2.21. The van der Waals surface area contributed by atoms with Crippen molar-refractivity contribution in [2.45, 2.75) is 51.4 Å². The molecule has 2 saturated heterocycles. The van der Waals surface area contributed by atoms with Crippen LogP contribution in [0.1, 0.15) is 33.1 Å². The predicted molar refractivity (Wildman–Crippen MR) is 72.5 cm³/mol. The van der Waals surface area contributed by atoms with E-state index in [1.54, 1.807) is 0 Å². The van der Waals surface area contributed by atoms with E-state index < -0.39 is 22.2 Å². The zero-order valence-electron chi connectivity index (χ0n) is 11.9. The van der Waals surface area contributed by atoms with Gasteiger partial charge in [-0.15, -0.1) is 0 Å². The lowest BCUT2D eigenvalue weighted by Gasteiger charge is -2.40. The number of morpholine rings is 1. The molecule has 20 heavy (non-hydrogen) atoms. The van der Waals surface area contributed by atoms with Crippen molar-refractivity contribution in [1.82, 2.24) is 8.61 Å². The first-order valence-corrected chi connectivity index (χ1v) is 8.37. The molecule has 2 heterocycles. The summed E-state index contributed by atoms with van der Waals surface area (Å²) in [6.45, 7) is 4.47. The third kappa shape index (κ3) is 3.13. The molecule has 2 aliphatic rings. The Labute approximate surface area is 119 Å². The number of carboxylic acid groups (broad SMARTS) is 1. The summed E-state index contributed by atoms with van der Waals surface area (Å²) < 4.78 is 33.4. The second-order valence-electron chi connectivity index (χ2n) is 5.54. The van der Waals surface area contributed by atoms with Crippen LogP contribution in [0.3, 0.4) is 0 Å². The maximum absolute atomic E-state index is 12.7. The number of piperidine rings is 1. The maximum atomic E-state index is 12.7. The molecule has 2 fully saturated rings. The smallest absolute Gasteiger partial charge is 0.322 e. The van der Waals surface area contributed by atoms with Gasteiger partial charge in [-0.2, -0.15) is 17.0 Å². The van der Waals surface area contributed by atoms with Crippen molar-refractivity contribution >= 4 is 16.2 Å².